The van der Waals surface area contributed by atoms with Gasteiger partial charge in [0.2, 0.25) is 0 Å². The van der Waals surface area contributed by atoms with E-state index in [9.17, 15) is 4.79 Å². The Bertz CT molecular complexity index is 196. The first-order valence-electron chi connectivity index (χ1n) is 5.55. The third kappa shape index (κ3) is 1.93. The Morgan fingerprint density at radius 1 is 1.31 bits per heavy atom. The number of nitrogens with zero attached hydrogens (tertiary/aromatic N) is 1. The third-order valence-electron chi connectivity index (χ3n) is 3.53. The largest absolute Gasteiger partial charge is 0.300 e. The molecule has 0 spiro atoms. The van der Waals surface area contributed by atoms with E-state index in [0.717, 1.165) is 25.4 Å². The van der Waals surface area contributed by atoms with Crippen LogP contribution in [0.1, 0.15) is 45.4 Å². The molecule has 2 fully saturated rings. The van der Waals surface area contributed by atoms with Gasteiger partial charge in [0.25, 0.3) is 0 Å². The summed E-state index contributed by atoms with van der Waals surface area (Å²) in [5, 5.41) is 0. The van der Waals surface area contributed by atoms with Crippen molar-refractivity contribution in [1.82, 2.24) is 4.90 Å². The number of rotatable bonds is 1. The first kappa shape index (κ1) is 9.20. The maximum absolute atomic E-state index is 11.2. The molecule has 1 aliphatic heterocycles. The van der Waals surface area contributed by atoms with Crippen molar-refractivity contribution in [1.29, 1.82) is 0 Å². The smallest absolute Gasteiger partial charge is 0.135 e. The topological polar surface area (TPSA) is 20.3 Å². The Morgan fingerprint density at radius 3 is 2.62 bits per heavy atom. The average molecular weight is 181 g/mol. The van der Waals surface area contributed by atoms with Crippen LogP contribution in [0, 0.1) is 0 Å². The van der Waals surface area contributed by atoms with E-state index >= 15 is 0 Å². The number of Topliss-reactive ketones (excluding diaryl/α,β-unsaturated/α-hetero) is 1. The minimum absolute atomic E-state index is 0.460. The van der Waals surface area contributed by atoms with Gasteiger partial charge in [-0.15, -0.1) is 0 Å². The lowest BCUT2D eigenvalue weighted by Gasteiger charge is -2.37. The van der Waals surface area contributed by atoms with E-state index in [1.54, 1.807) is 0 Å². The number of ketones is 1. The van der Waals surface area contributed by atoms with Crippen molar-refractivity contribution in [2.24, 2.45) is 0 Å². The summed E-state index contributed by atoms with van der Waals surface area (Å²) in [5.41, 5.74) is 0. The Morgan fingerprint density at radius 2 is 2.00 bits per heavy atom. The summed E-state index contributed by atoms with van der Waals surface area (Å²) in [6.07, 6.45) is 7.08. The molecule has 0 bridgehead atoms. The molecule has 0 amide bonds. The zero-order valence-electron chi connectivity index (χ0n) is 8.46. The van der Waals surface area contributed by atoms with Crippen molar-refractivity contribution < 1.29 is 4.79 Å². The van der Waals surface area contributed by atoms with E-state index in [2.05, 4.69) is 11.8 Å². The van der Waals surface area contributed by atoms with E-state index in [-0.39, 0.29) is 0 Å². The second-order valence-corrected chi connectivity index (χ2v) is 4.52. The second-order valence-electron chi connectivity index (χ2n) is 4.52. The molecule has 0 aromatic rings. The summed E-state index contributed by atoms with van der Waals surface area (Å²) in [6, 6.07) is 1.30. The van der Waals surface area contributed by atoms with Crippen molar-refractivity contribution in [3.05, 3.63) is 0 Å². The van der Waals surface area contributed by atoms with Crippen LogP contribution in [0.15, 0.2) is 0 Å². The van der Waals surface area contributed by atoms with E-state index in [1.807, 2.05) is 0 Å². The molecule has 1 saturated heterocycles. The number of carbonyl (C=O) groups excluding carboxylic acids is 1. The molecule has 0 aromatic carbocycles. The Labute approximate surface area is 80.3 Å². The molecule has 2 aliphatic rings. The summed E-state index contributed by atoms with van der Waals surface area (Å²) in [4.78, 5) is 13.8. The van der Waals surface area contributed by atoms with E-state index in [1.165, 1.54) is 25.7 Å². The molecule has 2 rings (SSSR count). The fraction of sp³-hybridized carbons (Fsp3) is 0.909. The molecule has 0 N–H and O–H groups in total. The lowest BCUT2D eigenvalue weighted by molar-refractivity contribution is -0.123. The van der Waals surface area contributed by atoms with Gasteiger partial charge in [-0.25, -0.2) is 0 Å². The van der Waals surface area contributed by atoms with Crippen LogP contribution in [0.4, 0.5) is 0 Å². The van der Waals surface area contributed by atoms with Crippen LogP contribution in [0.3, 0.4) is 0 Å². The Hall–Kier alpha value is -0.370. The van der Waals surface area contributed by atoms with Gasteiger partial charge in [-0.1, -0.05) is 12.8 Å². The zero-order chi connectivity index (χ0) is 9.26. The number of hydrogen-bond acceptors (Lipinski definition) is 2. The van der Waals surface area contributed by atoms with Crippen LogP contribution in [0.5, 0.6) is 0 Å². The van der Waals surface area contributed by atoms with Gasteiger partial charge >= 0.3 is 0 Å². The molecule has 1 atom stereocenters. The van der Waals surface area contributed by atoms with Gasteiger partial charge < -0.3 is 0 Å². The minimum Gasteiger partial charge on any atom is -0.300 e. The molecule has 2 nitrogen and oxygen atoms in total. The molecule has 0 radical (unpaired) electrons. The highest BCUT2D eigenvalue weighted by Gasteiger charge is 2.30. The van der Waals surface area contributed by atoms with Crippen molar-refractivity contribution in [3.8, 4) is 0 Å². The Balaban J connectivity index is 1.94. The molecular weight excluding hydrogens is 162 g/mol. The Kier molecular flexibility index (Phi) is 2.68. The molecule has 1 unspecified atom stereocenters. The molecule has 13 heavy (non-hydrogen) atoms. The van der Waals surface area contributed by atoms with Gasteiger partial charge in [-0.3, -0.25) is 9.69 Å². The summed E-state index contributed by atoms with van der Waals surface area (Å²) < 4.78 is 0. The van der Waals surface area contributed by atoms with E-state index in [0.29, 0.717) is 11.8 Å². The first-order chi connectivity index (χ1) is 6.27. The molecular formula is C11H19NO. The van der Waals surface area contributed by atoms with Crippen LogP contribution in [-0.2, 0) is 4.79 Å². The van der Waals surface area contributed by atoms with E-state index in [4.69, 9.17) is 0 Å². The third-order valence-corrected chi connectivity index (χ3v) is 3.53. The van der Waals surface area contributed by atoms with Crippen LogP contribution < -0.4 is 0 Å². The molecule has 74 valence electrons. The van der Waals surface area contributed by atoms with Gasteiger partial charge in [0.05, 0.1) is 0 Å². The molecule has 1 saturated carbocycles. The minimum atomic E-state index is 0.460. The van der Waals surface area contributed by atoms with Crippen LogP contribution in [0.25, 0.3) is 0 Å². The number of hydrogen-bond donors (Lipinski definition) is 0. The highest BCUT2D eigenvalue weighted by molar-refractivity contribution is 5.79. The molecule has 2 heteroatoms. The summed E-state index contributed by atoms with van der Waals surface area (Å²) >= 11 is 0. The lowest BCUT2D eigenvalue weighted by Crippen LogP contribution is -2.46. The van der Waals surface area contributed by atoms with E-state index < -0.39 is 0 Å². The van der Waals surface area contributed by atoms with Crippen molar-refractivity contribution in [2.45, 2.75) is 57.5 Å². The maximum Gasteiger partial charge on any atom is 0.135 e. The van der Waals surface area contributed by atoms with Gasteiger partial charge in [-0.05, 0) is 19.8 Å². The van der Waals surface area contributed by atoms with Gasteiger partial charge in [0.15, 0.2) is 0 Å². The lowest BCUT2D eigenvalue weighted by atomic mass is 9.99. The number of piperidine rings is 1. The highest BCUT2D eigenvalue weighted by Crippen LogP contribution is 2.28. The number of carbonyl (C=O) groups is 1. The van der Waals surface area contributed by atoms with Crippen LogP contribution in [-0.4, -0.2) is 29.3 Å². The first-order valence-corrected chi connectivity index (χ1v) is 5.55. The fourth-order valence-corrected chi connectivity index (χ4v) is 2.80. The number of likely N-dealkylation sites (tertiary alicyclic amines) is 1. The van der Waals surface area contributed by atoms with Crippen LogP contribution >= 0.6 is 0 Å². The monoisotopic (exact) mass is 181 g/mol. The standard InChI is InChI=1S/C11H19NO/c1-9-8-11(13)6-7-12(9)10-4-2-3-5-10/h9-10H,2-8H2,1H3. The summed E-state index contributed by atoms with van der Waals surface area (Å²) in [7, 11) is 0. The van der Waals surface area contributed by atoms with Crippen molar-refractivity contribution >= 4 is 5.78 Å². The quantitative estimate of drug-likeness (QED) is 0.616. The summed E-state index contributed by atoms with van der Waals surface area (Å²) in [5.74, 6) is 0.460. The molecule has 0 aromatic heterocycles. The summed E-state index contributed by atoms with van der Waals surface area (Å²) in [6.45, 7) is 3.22. The second kappa shape index (κ2) is 3.79. The van der Waals surface area contributed by atoms with Gasteiger partial charge in [-0.2, -0.15) is 0 Å². The average Bonchev–Trinajstić information content (AvgIpc) is 2.56. The van der Waals surface area contributed by atoms with Crippen molar-refractivity contribution in [2.75, 3.05) is 6.54 Å². The van der Waals surface area contributed by atoms with Gasteiger partial charge in [0.1, 0.15) is 5.78 Å². The SMILES string of the molecule is CC1CC(=O)CCN1C1CCCC1. The normalized spacial score (nSPS) is 32.7. The molecule has 1 aliphatic carbocycles. The van der Waals surface area contributed by atoms with Gasteiger partial charge in [0, 0.05) is 31.5 Å². The maximum atomic E-state index is 11.2. The van der Waals surface area contributed by atoms with Crippen LogP contribution in [0.2, 0.25) is 0 Å². The fourth-order valence-electron chi connectivity index (χ4n) is 2.80. The zero-order valence-corrected chi connectivity index (χ0v) is 8.46. The highest BCUT2D eigenvalue weighted by atomic mass is 16.1. The molecule has 1 heterocycles. The predicted molar refractivity (Wildman–Crippen MR) is 52.7 cm³/mol. The predicted octanol–water partition coefficient (Wildman–Crippen LogP) is 1.98. The van der Waals surface area contributed by atoms with Crippen molar-refractivity contribution in [3.63, 3.8) is 0 Å².